The first-order chi connectivity index (χ1) is 12.1. The molecule has 0 spiro atoms. The summed E-state index contributed by atoms with van der Waals surface area (Å²) in [6, 6.07) is 4.70. The van der Waals surface area contributed by atoms with Crippen LogP contribution in [0.15, 0.2) is 23.4 Å². The van der Waals surface area contributed by atoms with Gasteiger partial charge >= 0.3 is 0 Å². The van der Waals surface area contributed by atoms with Crippen molar-refractivity contribution in [2.45, 2.75) is 50.2 Å². The average Bonchev–Trinajstić information content (AvgIpc) is 3.01. The number of methoxy groups -OCH3 is 1. The van der Waals surface area contributed by atoms with Gasteiger partial charge < -0.3 is 9.30 Å². The summed E-state index contributed by atoms with van der Waals surface area (Å²) in [5, 5.41) is 9.18. The average molecular weight is 363 g/mol. The molecule has 3 rings (SSSR count). The standard InChI is InChI=1S/C18H22FN3O2S/c1-12-20-21-18(22(12)14-6-4-3-5-7-14)25-11-16(23)13-8-9-17(24-2)15(19)10-13/h8-10,14H,3-7,11H2,1-2H3. The lowest BCUT2D eigenvalue weighted by molar-refractivity contribution is 0.102. The zero-order valence-electron chi connectivity index (χ0n) is 14.5. The monoisotopic (exact) mass is 363 g/mol. The Hall–Kier alpha value is -1.89. The molecule has 2 aromatic rings. The van der Waals surface area contributed by atoms with Crippen LogP contribution < -0.4 is 4.74 Å². The first-order valence-corrected chi connectivity index (χ1v) is 9.49. The van der Waals surface area contributed by atoms with Crippen LogP contribution in [0, 0.1) is 12.7 Å². The zero-order chi connectivity index (χ0) is 17.8. The van der Waals surface area contributed by atoms with Crippen LogP contribution >= 0.6 is 11.8 Å². The highest BCUT2D eigenvalue weighted by atomic mass is 32.2. The predicted molar refractivity (Wildman–Crippen MR) is 94.9 cm³/mol. The molecule has 0 amide bonds. The van der Waals surface area contributed by atoms with Crippen molar-refractivity contribution < 1.29 is 13.9 Å². The Labute approximate surface area is 151 Å². The number of hydrogen-bond acceptors (Lipinski definition) is 5. The fraction of sp³-hybridized carbons (Fsp3) is 0.500. The molecule has 7 heteroatoms. The molecule has 1 aliphatic rings. The molecular formula is C18H22FN3O2S. The number of ether oxygens (including phenoxy) is 1. The SMILES string of the molecule is COc1ccc(C(=O)CSc2nnc(C)n2C2CCCCC2)cc1F. The van der Waals surface area contributed by atoms with E-state index in [0.717, 1.165) is 23.8 Å². The molecule has 1 aromatic carbocycles. The summed E-state index contributed by atoms with van der Waals surface area (Å²) in [6.45, 7) is 1.95. The van der Waals surface area contributed by atoms with Gasteiger partial charge in [-0.15, -0.1) is 10.2 Å². The topological polar surface area (TPSA) is 57.0 Å². The van der Waals surface area contributed by atoms with Crippen molar-refractivity contribution in [1.29, 1.82) is 0 Å². The molecule has 0 radical (unpaired) electrons. The molecule has 1 aromatic heterocycles. The lowest BCUT2D eigenvalue weighted by Gasteiger charge is -2.24. The number of hydrogen-bond donors (Lipinski definition) is 0. The lowest BCUT2D eigenvalue weighted by atomic mass is 9.95. The first kappa shape index (κ1) is 17.9. The van der Waals surface area contributed by atoms with Crippen LogP contribution in [0.3, 0.4) is 0 Å². The van der Waals surface area contributed by atoms with Crippen LogP contribution in [0.5, 0.6) is 5.75 Å². The van der Waals surface area contributed by atoms with E-state index in [1.807, 2.05) is 6.92 Å². The number of aryl methyl sites for hydroxylation is 1. The van der Waals surface area contributed by atoms with E-state index < -0.39 is 5.82 Å². The maximum absolute atomic E-state index is 13.8. The molecule has 0 unspecified atom stereocenters. The van der Waals surface area contributed by atoms with Crippen molar-refractivity contribution in [3.63, 3.8) is 0 Å². The van der Waals surface area contributed by atoms with Gasteiger partial charge in [0.1, 0.15) is 5.82 Å². The third-order valence-corrected chi connectivity index (χ3v) is 5.52. The number of carbonyl (C=O) groups excluding carboxylic acids is 1. The molecular weight excluding hydrogens is 341 g/mol. The second kappa shape index (κ2) is 7.99. The Morgan fingerprint density at radius 1 is 1.32 bits per heavy atom. The number of ketones is 1. The Kier molecular flexibility index (Phi) is 5.73. The number of aromatic nitrogens is 3. The highest BCUT2D eigenvalue weighted by Crippen LogP contribution is 2.32. The molecule has 134 valence electrons. The molecule has 0 N–H and O–H groups in total. The van der Waals surface area contributed by atoms with Crippen molar-refractivity contribution in [2.24, 2.45) is 0 Å². The van der Waals surface area contributed by atoms with Gasteiger partial charge in [-0.25, -0.2) is 4.39 Å². The van der Waals surface area contributed by atoms with Crippen LogP contribution in [0.1, 0.15) is 54.3 Å². The van der Waals surface area contributed by atoms with E-state index in [2.05, 4.69) is 14.8 Å². The molecule has 0 atom stereocenters. The summed E-state index contributed by atoms with van der Waals surface area (Å²) < 4.78 is 20.8. The summed E-state index contributed by atoms with van der Waals surface area (Å²) in [5.74, 6) is 0.563. The van der Waals surface area contributed by atoms with Crippen molar-refractivity contribution >= 4 is 17.5 Å². The number of nitrogens with zero attached hydrogens (tertiary/aromatic N) is 3. The summed E-state index contributed by atoms with van der Waals surface area (Å²) in [4.78, 5) is 12.4. The summed E-state index contributed by atoms with van der Waals surface area (Å²) in [6.07, 6.45) is 5.97. The van der Waals surface area contributed by atoms with Gasteiger partial charge in [0.05, 0.1) is 12.9 Å². The van der Waals surface area contributed by atoms with E-state index in [1.54, 1.807) is 6.07 Å². The predicted octanol–water partition coefficient (Wildman–Crippen LogP) is 4.21. The fourth-order valence-electron chi connectivity index (χ4n) is 3.26. The van der Waals surface area contributed by atoms with Gasteiger partial charge in [-0.3, -0.25) is 4.79 Å². The molecule has 1 aliphatic carbocycles. The number of Topliss-reactive ketones (excluding diaryl/α,β-unsaturated/α-hetero) is 1. The highest BCUT2D eigenvalue weighted by molar-refractivity contribution is 7.99. The quantitative estimate of drug-likeness (QED) is 0.568. The van der Waals surface area contributed by atoms with Gasteiger partial charge in [0.25, 0.3) is 0 Å². The van der Waals surface area contributed by atoms with Crippen LogP contribution in [0.2, 0.25) is 0 Å². The molecule has 25 heavy (non-hydrogen) atoms. The maximum Gasteiger partial charge on any atom is 0.191 e. The number of thioether (sulfide) groups is 1. The number of benzene rings is 1. The number of rotatable bonds is 6. The minimum Gasteiger partial charge on any atom is -0.494 e. The van der Waals surface area contributed by atoms with E-state index in [4.69, 9.17) is 4.74 Å². The summed E-state index contributed by atoms with van der Waals surface area (Å²) in [5.41, 5.74) is 0.339. The van der Waals surface area contributed by atoms with Crippen LogP contribution in [-0.4, -0.2) is 33.4 Å². The second-order valence-electron chi connectivity index (χ2n) is 6.25. The van der Waals surface area contributed by atoms with Crippen LogP contribution in [-0.2, 0) is 0 Å². The summed E-state index contributed by atoms with van der Waals surface area (Å²) >= 11 is 1.37. The Bertz CT molecular complexity index is 757. The van der Waals surface area contributed by atoms with E-state index in [0.29, 0.717) is 11.6 Å². The second-order valence-corrected chi connectivity index (χ2v) is 7.20. The van der Waals surface area contributed by atoms with E-state index in [-0.39, 0.29) is 17.3 Å². The van der Waals surface area contributed by atoms with Crippen molar-refractivity contribution in [3.05, 3.63) is 35.4 Å². The van der Waals surface area contributed by atoms with Crippen molar-refractivity contribution in [1.82, 2.24) is 14.8 Å². The molecule has 1 heterocycles. The zero-order valence-corrected chi connectivity index (χ0v) is 15.3. The number of halogens is 1. The lowest BCUT2D eigenvalue weighted by Crippen LogP contribution is -2.15. The van der Waals surface area contributed by atoms with E-state index in [1.165, 1.54) is 50.3 Å². The molecule has 0 bridgehead atoms. The van der Waals surface area contributed by atoms with Crippen LogP contribution in [0.25, 0.3) is 0 Å². The van der Waals surface area contributed by atoms with E-state index in [9.17, 15) is 9.18 Å². The minimum atomic E-state index is -0.528. The van der Waals surface area contributed by atoms with Gasteiger partial charge in [-0.05, 0) is 38.0 Å². The smallest absolute Gasteiger partial charge is 0.191 e. The molecule has 0 aliphatic heterocycles. The first-order valence-electron chi connectivity index (χ1n) is 8.51. The third kappa shape index (κ3) is 4.03. The van der Waals surface area contributed by atoms with E-state index >= 15 is 0 Å². The summed E-state index contributed by atoms with van der Waals surface area (Å²) in [7, 11) is 1.40. The van der Waals surface area contributed by atoms with Crippen molar-refractivity contribution in [3.8, 4) is 5.75 Å². The van der Waals surface area contributed by atoms with Crippen molar-refractivity contribution in [2.75, 3.05) is 12.9 Å². The van der Waals surface area contributed by atoms with Gasteiger partial charge in [0.2, 0.25) is 0 Å². The van der Waals surface area contributed by atoms with Gasteiger partial charge in [0, 0.05) is 11.6 Å². The molecule has 1 saturated carbocycles. The Morgan fingerprint density at radius 3 is 2.76 bits per heavy atom. The van der Waals surface area contributed by atoms with Gasteiger partial charge in [-0.1, -0.05) is 31.0 Å². The minimum absolute atomic E-state index is 0.136. The largest absolute Gasteiger partial charge is 0.494 e. The maximum atomic E-state index is 13.8. The third-order valence-electron chi connectivity index (χ3n) is 4.58. The number of carbonyl (C=O) groups is 1. The fourth-order valence-corrected chi connectivity index (χ4v) is 4.21. The molecule has 0 saturated heterocycles. The molecule has 5 nitrogen and oxygen atoms in total. The Morgan fingerprint density at radius 2 is 2.08 bits per heavy atom. The van der Waals surface area contributed by atoms with Gasteiger partial charge in [-0.2, -0.15) is 0 Å². The highest BCUT2D eigenvalue weighted by Gasteiger charge is 2.22. The van der Waals surface area contributed by atoms with Crippen LogP contribution in [0.4, 0.5) is 4.39 Å². The Balaban J connectivity index is 1.69. The molecule has 1 fully saturated rings. The van der Waals surface area contributed by atoms with Gasteiger partial charge in [0.15, 0.2) is 22.5 Å². The normalized spacial score (nSPS) is 15.3.